The molecule has 1 aromatic rings. The number of aromatic nitrogens is 1. The van der Waals surface area contributed by atoms with Gasteiger partial charge in [-0.2, -0.15) is 0 Å². The van der Waals surface area contributed by atoms with Crippen molar-refractivity contribution in [1.29, 1.82) is 0 Å². The SMILES string of the molecule is OCC#Cc1cc2c([nH]1)NC=NC2Cl. The molecule has 1 aliphatic heterocycles. The van der Waals surface area contributed by atoms with Gasteiger partial charge in [0.05, 0.1) is 12.0 Å². The topological polar surface area (TPSA) is 60.4 Å². The van der Waals surface area contributed by atoms with Gasteiger partial charge in [-0.3, -0.25) is 4.99 Å². The largest absolute Gasteiger partial charge is 0.384 e. The number of halogens is 1. The zero-order valence-electron chi connectivity index (χ0n) is 7.21. The van der Waals surface area contributed by atoms with E-state index in [1.54, 1.807) is 6.34 Å². The molecule has 0 aliphatic carbocycles. The molecular weight excluding hydrogens is 202 g/mol. The predicted octanol–water partition coefficient (Wildman–Crippen LogP) is 1.05. The van der Waals surface area contributed by atoms with E-state index in [-0.39, 0.29) is 12.1 Å². The molecule has 1 aliphatic rings. The number of hydrogen-bond donors (Lipinski definition) is 3. The first-order valence-electron chi connectivity index (χ1n) is 4.06. The molecule has 0 bridgehead atoms. The summed E-state index contributed by atoms with van der Waals surface area (Å²) in [5.41, 5.74) is 1.22. The summed E-state index contributed by atoms with van der Waals surface area (Å²) in [4.78, 5) is 7.00. The lowest BCUT2D eigenvalue weighted by Crippen LogP contribution is -2.05. The maximum absolute atomic E-state index is 8.53. The first kappa shape index (κ1) is 9.13. The Kier molecular flexibility index (Phi) is 2.44. The van der Waals surface area contributed by atoms with Crippen molar-refractivity contribution in [3.05, 3.63) is 17.3 Å². The molecule has 0 fully saturated rings. The van der Waals surface area contributed by atoms with Crippen molar-refractivity contribution in [1.82, 2.24) is 4.98 Å². The van der Waals surface area contributed by atoms with Crippen LogP contribution in [-0.2, 0) is 0 Å². The highest BCUT2D eigenvalue weighted by atomic mass is 35.5. The summed E-state index contributed by atoms with van der Waals surface area (Å²) in [6, 6.07) is 1.82. The standard InChI is InChI=1S/C9H8ClN3O/c10-8-7-4-6(2-1-3-14)13-9(7)12-5-11-8/h4-5,8,13-14H,3H2,(H,11,12). The minimum atomic E-state index is -0.368. The predicted molar refractivity (Wildman–Crippen MR) is 55.5 cm³/mol. The Bertz CT molecular complexity index is 427. The van der Waals surface area contributed by atoms with Crippen molar-refractivity contribution in [2.75, 3.05) is 11.9 Å². The second-order valence-corrected chi connectivity index (χ2v) is 3.14. The van der Waals surface area contributed by atoms with E-state index in [1.165, 1.54) is 0 Å². The third kappa shape index (κ3) is 1.60. The molecule has 0 aromatic carbocycles. The van der Waals surface area contributed by atoms with Crippen molar-refractivity contribution in [2.24, 2.45) is 4.99 Å². The highest BCUT2D eigenvalue weighted by Crippen LogP contribution is 2.31. The maximum atomic E-state index is 8.53. The summed E-state index contributed by atoms with van der Waals surface area (Å²) < 4.78 is 0. The molecule has 5 heteroatoms. The number of nitrogens with zero attached hydrogens (tertiary/aromatic N) is 1. The monoisotopic (exact) mass is 209 g/mol. The van der Waals surface area contributed by atoms with Gasteiger partial charge in [0.1, 0.15) is 12.4 Å². The second kappa shape index (κ2) is 3.74. The Morgan fingerprint density at radius 3 is 3.21 bits per heavy atom. The fourth-order valence-corrected chi connectivity index (χ4v) is 1.46. The molecule has 1 unspecified atom stereocenters. The van der Waals surface area contributed by atoms with Gasteiger partial charge in [-0.05, 0) is 12.0 Å². The maximum Gasteiger partial charge on any atom is 0.154 e. The summed E-state index contributed by atoms with van der Waals surface area (Å²) in [6.07, 6.45) is 1.54. The molecule has 2 rings (SSSR count). The summed E-state index contributed by atoms with van der Waals surface area (Å²) in [5.74, 6) is 6.12. The van der Waals surface area contributed by atoms with E-state index >= 15 is 0 Å². The zero-order valence-corrected chi connectivity index (χ0v) is 7.97. The van der Waals surface area contributed by atoms with Crippen LogP contribution in [0.1, 0.15) is 16.8 Å². The molecule has 1 atom stereocenters. The molecule has 3 N–H and O–H groups in total. The van der Waals surface area contributed by atoms with Gasteiger partial charge in [-0.15, -0.1) is 0 Å². The number of fused-ring (bicyclic) bond motifs is 1. The minimum absolute atomic E-state index is 0.155. The number of H-pyrrole nitrogens is 1. The van der Waals surface area contributed by atoms with Gasteiger partial charge in [0, 0.05) is 5.56 Å². The van der Waals surface area contributed by atoms with Crippen LogP contribution < -0.4 is 5.32 Å². The number of alkyl halides is 1. The zero-order chi connectivity index (χ0) is 9.97. The highest BCUT2D eigenvalue weighted by molar-refractivity contribution is 6.22. The van der Waals surface area contributed by atoms with Crippen LogP contribution in [0, 0.1) is 11.8 Å². The number of rotatable bonds is 0. The smallest absolute Gasteiger partial charge is 0.154 e. The molecule has 0 spiro atoms. The summed E-state index contributed by atoms with van der Waals surface area (Å²) >= 11 is 5.94. The Labute approximate surface area is 86.0 Å². The van der Waals surface area contributed by atoms with Crippen LogP contribution in [0.25, 0.3) is 0 Å². The fourth-order valence-electron chi connectivity index (χ4n) is 1.23. The van der Waals surface area contributed by atoms with E-state index in [0.717, 1.165) is 11.4 Å². The number of hydrogen-bond acceptors (Lipinski definition) is 3. The normalized spacial score (nSPS) is 18.0. The van der Waals surface area contributed by atoms with Gasteiger partial charge >= 0.3 is 0 Å². The van der Waals surface area contributed by atoms with E-state index in [1.807, 2.05) is 6.07 Å². The van der Waals surface area contributed by atoms with Crippen molar-refractivity contribution in [3.8, 4) is 11.8 Å². The van der Waals surface area contributed by atoms with Gasteiger partial charge in [0.15, 0.2) is 5.50 Å². The summed E-state index contributed by atoms with van der Waals surface area (Å²) in [7, 11) is 0. The number of aromatic amines is 1. The summed E-state index contributed by atoms with van der Waals surface area (Å²) in [6.45, 7) is -0.155. The van der Waals surface area contributed by atoms with Crippen molar-refractivity contribution in [3.63, 3.8) is 0 Å². The third-order valence-corrected chi connectivity index (χ3v) is 2.17. The fraction of sp³-hybridized carbons (Fsp3) is 0.222. The van der Waals surface area contributed by atoms with E-state index in [2.05, 4.69) is 27.1 Å². The van der Waals surface area contributed by atoms with Gasteiger partial charge in [0.2, 0.25) is 0 Å². The number of nitrogens with one attached hydrogen (secondary N) is 2. The van der Waals surface area contributed by atoms with Crippen LogP contribution in [0.4, 0.5) is 5.82 Å². The highest BCUT2D eigenvalue weighted by Gasteiger charge is 2.16. The molecule has 0 amide bonds. The molecule has 2 heterocycles. The lowest BCUT2D eigenvalue weighted by molar-refractivity contribution is 0.350. The second-order valence-electron chi connectivity index (χ2n) is 2.73. The van der Waals surface area contributed by atoms with Gasteiger partial charge < -0.3 is 15.4 Å². The molecule has 0 saturated carbocycles. The molecule has 4 nitrogen and oxygen atoms in total. The Morgan fingerprint density at radius 1 is 1.64 bits per heavy atom. The van der Waals surface area contributed by atoms with Crippen LogP contribution in [0.5, 0.6) is 0 Å². The van der Waals surface area contributed by atoms with Gasteiger partial charge in [-0.1, -0.05) is 17.5 Å². The van der Waals surface area contributed by atoms with Crippen LogP contribution in [0.15, 0.2) is 11.1 Å². The Balaban J connectivity index is 2.33. The van der Waals surface area contributed by atoms with E-state index in [9.17, 15) is 0 Å². The number of anilines is 1. The minimum Gasteiger partial charge on any atom is -0.384 e. The van der Waals surface area contributed by atoms with E-state index < -0.39 is 0 Å². The lowest BCUT2D eigenvalue weighted by Gasteiger charge is -2.10. The Morgan fingerprint density at radius 2 is 2.50 bits per heavy atom. The van der Waals surface area contributed by atoms with Crippen molar-refractivity contribution in [2.45, 2.75) is 5.50 Å². The average molecular weight is 210 g/mol. The van der Waals surface area contributed by atoms with Gasteiger partial charge in [0.25, 0.3) is 0 Å². The van der Waals surface area contributed by atoms with Crippen LogP contribution in [-0.4, -0.2) is 23.0 Å². The first-order valence-corrected chi connectivity index (χ1v) is 4.50. The third-order valence-electron chi connectivity index (χ3n) is 1.82. The molecule has 0 saturated heterocycles. The molecular formula is C9H8ClN3O. The van der Waals surface area contributed by atoms with E-state index in [4.69, 9.17) is 16.7 Å². The van der Waals surface area contributed by atoms with Gasteiger partial charge in [-0.25, -0.2) is 0 Å². The number of aliphatic imine (C=N–C) groups is 1. The van der Waals surface area contributed by atoms with Crippen LogP contribution in [0.3, 0.4) is 0 Å². The Hall–Kier alpha value is -1.44. The number of aliphatic hydroxyl groups is 1. The van der Waals surface area contributed by atoms with Crippen LogP contribution >= 0.6 is 11.6 Å². The number of aliphatic hydroxyl groups excluding tert-OH is 1. The molecule has 72 valence electrons. The molecule has 14 heavy (non-hydrogen) atoms. The quantitative estimate of drug-likeness (QED) is 0.340. The van der Waals surface area contributed by atoms with E-state index in [0.29, 0.717) is 5.69 Å². The van der Waals surface area contributed by atoms with Crippen LogP contribution in [0.2, 0.25) is 0 Å². The van der Waals surface area contributed by atoms with Crippen molar-refractivity contribution < 1.29 is 5.11 Å². The average Bonchev–Trinajstić information content (AvgIpc) is 2.59. The molecule has 0 radical (unpaired) electrons. The van der Waals surface area contributed by atoms with Crippen molar-refractivity contribution >= 4 is 23.8 Å². The summed E-state index contributed by atoms with van der Waals surface area (Å²) in [5, 5.41) is 11.5. The first-order chi connectivity index (χ1) is 6.81. The molecule has 1 aromatic heterocycles. The lowest BCUT2D eigenvalue weighted by atomic mass is 10.2.